The average Bonchev–Trinajstić information content (AvgIpc) is 3.08. The normalized spacial score (nSPS) is 11.9. The van der Waals surface area contributed by atoms with Crippen LogP contribution in [-0.2, 0) is 7.05 Å². The summed E-state index contributed by atoms with van der Waals surface area (Å²) in [4.78, 5) is 8.27. The van der Waals surface area contributed by atoms with Crippen molar-refractivity contribution in [3.63, 3.8) is 0 Å². The highest BCUT2D eigenvalue weighted by Crippen LogP contribution is 2.42. The zero-order valence-electron chi connectivity index (χ0n) is 17.2. The van der Waals surface area contributed by atoms with Gasteiger partial charge in [0.05, 0.1) is 24.9 Å². The maximum atomic E-state index is 8.00. The third-order valence-corrected chi connectivity index (χ3v) is 4.88. The number of ether oxygens (including phenoxy) is 1. The molecule has 0 aliphatic carbocycles. The number of nitrogen functional groups attached to an aromatic ring is 2. The molecule has 2 aromatic heterocycles. The van der Waals surface area contributed by atoms with Crippen LogP contribution in [0.15, 0.2) is 24.8 Å². The molecule has 0 fully saturated rings. The molecule has 152 valence electrons. The zero-order chi connectivity index (χ0) is 21.3. The number of nitrogens with zero attached hydrogens (tertiary/aromatic N) is 4. The fraction of sp³-hybridized carbons (Fsp3) is 0.300. The summed E-state index contributed by atoms with van der Waals surface area (Å²) in [7, 11) is 3.50. The number of nitrogens with two attached hydrogens (primary N) is 2. The fourth-order valence-electron chi connectivity index (χ4n) is 3.40. The molecule has 0 radical (unpaired) electrons. The number of hydrogen-bond acceptors (Lipinski definition) is 8. The van der Waals surface area contributed by atoms with Gasteiger partial charge in [-0.3, -0.25) is 4.68 Å². The minimum absolute atomic E-state index is 0.226. The molecule has 0 saturated carbocycles. The molecule has 1 atom stereocenters. The highest BCUT2D eigenvalue weighted by Gasteiger charge is 2.23. The van der Waals surface area contributed by atoms with E-state index in [4.69, 9.17) is 21.6 Å². The van der Waals surface area contributed by atoms with Gasteiger partial charge >= 0.3 is 0 Å². The van der Waals surface area contributed by atoms with Gasteiger partial charge in [-0.1, -0.05) is 0 Å². The Bertz CT molecular complexity index is 1070. The highest BCUT2D eigenvalue weighted by atomic mass is 16.5. The van der Waals surface area contributed by atoms with Crippen LogP contribution in [0.4, 0.5) is 17.3 Å². The lowest BCUT2D eigenvalue weighted by Gasteiger charge is -2.23. The van der Waals surface area contributed by atoms with Crippen LogP contribution in [0.1, 0.15) is 36.6 Å². The van der Waals surface area contributed by atoms with Crippen molar-refractivity contribution in [2.45, 2.75) is 26.8 Å². The zero-order valence-corrected chi connectivity index (χ0v) is 17.2. The Morgan fingerprint density at radius 3 is 2.62 bits per heavy atom. The monoisotopic (exact) mass is 394 g/mol. The SMILES string of the molecule is COc1c(C(C)Nc2ncnc(N)c2C(C)=N)cc(N)c(C)c1-c1cnn(C)c1. The number of aryl methyl sites for hydroxylation is 1. The van der Waals surface area contributed by atoms with Crippen molar-refractivity contribution in [3.05, 3.63) is 41.5 Å². The summed E-state index contributed by atoms with van der Waals surface area (Å²) in [5.74, 6) is 1.45. The van der Waals surface area contributed by atoms with Crippen molar-refractivity contribution >= 4 is 23.0 Å². The van der Waals surface area contributed by atoms with Gasteiger partial charge in [0.1, 0.15) is 23.7 Å². The second-order valence-corrected chi connectivity index (χ2v) is 6.96. The summed E-state index contributed by atoms with van der Waals surface area (Å²) >= 11 is 0. The summed E-state index contributed by atoms with van der Waals surface area (Å²) < 4.78 is 7.54. The van der Waals surface area contributed by atoms with Gasteiger partial charge in [0.2, 0.25) is 0 Å². The van der Waals surface area contributed by atoms with Crippen LogP contribution in [0, 0.1) is 12.3 Å². The second kappa shape index (κ2) is 7.78. The Balaban J connectivity index is 2.11. The summed E-state index contributed by atoms with van der Waals surface area (Å²) in [6.45, 7) is 5.58. The van der Waals surface area contributed by atoms with Crippen LogP contribution >= 0.6 is 0 Å². The Kier molecular flexibility index (Phi) is 5.40. The van der Waals surface area contributed by atoms with E-state index >= 15 is 0 Å². The standard InChI is InChI=1S/C20H26N8O/c1-10-15(22)6-14(18(29-5)16(10)13-7-26-28(4)8-13)12(3)27-20-17(11(2)21)19(23)24-9-25-20/h6-9,12,21H,22H2,1-5H3,(H3,23,24,25,27). The van der Waals surface area contributed by atoms with Crippen LogP contribution in [0.25, 0.3) is 11.1 Å². The van der Waals surface area contributed by atoms with E-state index in [2.05, 4.69) is 20.4 Å². The first-order chi connectivity index (χ1) is 13.7. The van der Waals surface area contributed by atoms with E-state index in [0.29, 0.717) is 22.8 Å². The van der Waals surface area contributed by atoms with Gasteiger partial charge in [-0.25, -0.2) is 9.97 Å². The van der Waals surface area contributed by atoms with Gasteiger partial charge in [-0.2, -0.15) is 5.10 Å². The predicted molar refractivity (Wildman–Crippen MR) is 115 cm³/mol. The Morgan fingerprint density at radius 1 is 1.31 bits per heavy atom. The minimum atomic E-state index is -0.226. The van der Waals surface area contributed by atoms with E-state index in [1.807, 2.05) is 33.2 Å². The minimum Gasteiger partial charge on any atom is -0.496 e. The molecule has 1 unspecified atom stereocenters. The molecule has 6 N–H and O–H groups in total. The van der Waals surface area contributed by atoms with Crippen molar-refractivity contribution in [2.75, 3.05) is 23.9 Å². The Morgan fingerprint density at radius 2 is 2.03 bits per heavy atom. The Hall–Kier alpha value is -3.62. The van der Waals surface area contributed by atoms with Crippen LogP contribution in [0.3, 0.4) is 0 Å². The van der Waals surface area contributed by atoms with Gasteiger partial charge in [0, 0.05) is 41.3 Å². The Labute approximate surface area is 169 Å². The van der Waals surface area contributed by atoms with Crippen LogP contribution < -0.4 is 21.5 Å². The molecule has 0 bridgehead atoms. The molecule has 29 heavy (non-hydrogen) atoms. The van der Waals surface area contributed by atoms with E-state index in [-0.39, 0.29) is 17.6 Å². The molecule has 0 amide bonds. The van der Waals surface area contributed by atoms with Crippen molar-refractivity contribution < 1.29 is 4.74 Å². The summed E-state index contributed by atoms with van der Waals surface area (Å²) in [5.41, 5.74) is 17.3. The first-order valence-corrected chi connectivity index (χ1v) is 9.13. The molecule has 0 spiro atoms. The molecule has 2 heterocycles. The lowest BCUT2D eigenvalue weighted by molar-refractivity contribution is 0.409. The number of methoxy groups -OCH3 is 1. The van der Waals surface area contributed by atoms with Crippen molar-refractivity contribution in [2.24, 2.45) is 7.05 Å². The number of aromatic nitrogens is 4. The largest absolute Gasteiger partial charge is 0.496 e. The fourth-order valence-corrected chi connectivity index (χ4v) is 3.40. The predicted octanol–water partition coefficient (Wildman–Crippen LogP) is 2.92. The lowest BCUT2D eigenvalue weighted by Crippen LogP contribution is -2.15. The number of hydrogen-bond donors (Lipinski definition) is 4. The van der Waals surface area contributed by atoms with E-state index in [1.165, 1.54) is 6.33 Å². The summed E-state index contributed by atoms with van der Waals surface area (Å²) in [6, 6.07) is 1.67. The van der Waals surface area contributed by atoms with Gasteiger partial charge in [-0.05, 0) is 32.4 Å². The molecule has 0 saturated heterocycles. The number of rotatable bonds is 6. The van der Waals surface area contributed by atoms with E-state index in [1.54, 1.807) is 24.9 Å². The highest BCUT2D eigenvalue weighted by molar-refractivity contribution is 6.04. The lowest BCUT2D eigenvalue weighted by atomic mass is 9.94. The van der Waals surface area contributed by atoms with Crippen molar-refractivity contribution in [1.82, 2.24) is 19.7 Å². The third kappa shape index (κ3) is 3.71. The molecule has 0 aliphatic heterocycles. The maximum Gasteiger partial charge on any atom is 0.141 e. The van der Waals surface area contributed by atoms with Gasteiger partial charge < -0.3 is 26.9 Å². The van der Waals surface area contributed by atoms with Gasteiger partial charge in [0.15, 0.2) is 0 Å². The van der Waals surface area contributed by atoms with Crippen LogP contribution in [0.2, 0.25) is 0 Å². The first-order valence-electron chi connectivity index (χ1n) is 9.13. The van der Waals surface area contributed by atoms with Crippen LogP contribution in [0.5, 0.6) is 5.75 Å². The molecule has 1 aromatic carbocycles. The van der Waals surface area contributed by atoms with Gasteiger partial charge in [0.25, 0.3) is 0 Å². The molecular formula is C20H26N8O. The number of anilines is 3. The molecule has 3 rings (SSSR count). The van der Waals surface area contributed by atoms with Crippen LogP contribution in [-0.4, -0.2) is 32.6 Å². The van der Waals surface area contributed by atoms with E-state index in [9.17, 15) is 0 Å². The summed E-state index contributed by atoms with van der Waals surface area (Å²) in [5, 5.41) is 15.6. The summed E-state index contributed by atoms with van der Waals surface area (Å²) in [6.07, 6.45) is 5.08. The quantitative estimate of drug-likeness (QED) is 0.372. The molecular weight excluding hydrogens is 368 g/mol. The van der Waals surface area contributed by atoms with Crippen molar-refractivity contribution in [1.29, 1.82) is 5.41 Å². The topological polar surface area (TPSA) is 141 Å². The molecule has 9 nitrogen and oxygen atoms in total. The maximum absolute atomic E-state index is 8.00. The van der Waals surface area contributed by atoms with E-state index < -0.39 is 0 Å². The first kappa shape index (κ1) is 20.1. The molecule has 9 heteroatoms. The smallest absolute Gasteiger partial charge is 0.141 e. The van der Waals surface area contributed by atoms with Gasteiger partial charge in [-0.15, -0.1) is 0 Å². The third-order valence-electron chi connectivity index (χ3n) is 4.88. The number of benzene rings is 1. The average molecular weight is 394 g/mol. The van der Waals surface area contributed by atoms with Crippen molar-refractivity contribution in [3.8, 4) is 16.9 Å². The molecule has 3 aromatic rings. The number of nitrogens with one attached hydrogen (secondary N) is 2. The second-order valence-electron chi connectivity index (χ2n) is 6.96. The molecule has 0 aliphatic rings. The van der Waals surface area contributed by atoms with E-state index in [0.717, 1.165) is 22.3 Å².